The Morgan fingerprint density at radius 3 is 2.81 bits per heavy atom. The average molecular weight is 263 g/mol. The highest BCUT2D eigenvalue weighted by Gasteiger charge is 2.31. The molecule has 2 rings (SSSR count). The minimum Gasteiger partial charge on any atom is -0.266 e. The summed E-state index contributed by atoms with van der Waals surface area (Å²) in [4.78, 5) is 11.0. The van der Waals surface area contributed by atoms with E-state index in [2.05, 4.69) is 10.2 Å². The summed E-state index contributed by atoms with van der Waals surface area (Å²) in [6.07, 6.45) is 2.08. The van der Waals surface area contributed by atoms with Crippen LogP contribution in [-0.2, 0) is 9.84 Å². The maximum Gasteiger partial charge on any atom is 0.282 e. The van der Waals surface area contributed by atoms with Crippen LogP contribution < -0.4 is 5.56 Å². The van der Waals surface area contributed by atoms with Crippen LogP contribution in [0.2, 0.25) is 5.02 Å². The second-order valence-electron chi connectivity index (χ2n) is 3.82. The van der Waals surface area contributed by atoms with E-state index in [1.807, 2.05) is 0 Å². The van der Waals surface area contributed by atoms with E-state index < -0.39 is 20.6 Å². The van der Waals surface area contributed by atoms with Gasteiger partial charge in [0.15, 0.2) is 9.84 Å². The monoisotopic (exact) mass is 262 g/mol. The van der Waals surface area contributed by atoms with Crippen molar-refractivity contribution in [1.29, 1.82) is 0 Å². The topological polar surface area (TPSA) is 79.9 Å². The summed E-state index contributed by atoms with van der Waals surface area (Å²) in [5, 5.41) is 5.31. The molecule has 1 aliphatic heterocycles. The van der Waals surface area contributed by atoms with Crippen LogP contribution in [0, 0.1) is 0 Å². The van der Waals surface area contributed by atoms with Crippen molar-refractivity contribution in [3.63, 3.8) is 0 Å². The van der Waals surface area contributed by atoms with E-state index in [4.69, 9.17) is 11.6 Å². The highest BCUT2D eigenvalue weighted by Crippen LogP contribution is 2.32. The third kappa shape index (κ3) is 2.12. The largest absolute Gasteiger partial charge is 0.282 e. The number of aromatic amines is 1. The fraction of sp³-hybridized carbons (Fsp3) is 0.556. The second-order valence-corrected chi connectivity index (χ2v) is 6.53. The quantitative estimate of drug-likeness (QED) is 0.821. The summed E-state index contributed by atoms with van der Waals surface area (Å²) in [7, 11) is -3.15. The standard InChI is InChI=1S/C9H11ClN2O3S/c10-6-5-7(11-12-9(6)13)8-3-1-2-4-16(8,14)15/h5,8H,1-4H2,(H,12,13). The molecule has 0 amide bonds. The molecule has 1 aromatic rings. The van der Waals surface area contributed by atoms with Gasteiger partial charge in [0, 0.05) is 0 Å². The normalized spacial score (nSPS) is 24.2. The van der Waals surface area contributed by atoms with Crippen LogP contribution in [0.1, 0.15) is 30.2 Å². The number of rotatable bonds is 1. The zero-order valence-electron chi connectivity index (χ0n) is 8.44. The predicted octanol–water partition coefficient (Wildman–Crippen LogP) is 1.06. The summed E-state index contributed by atoms with van der Waals surface area (Å²) in [6.45, 7) is 0. The first-order valence-corrected chi connectivity index (χ1v) is 7.07. The van der Waals surface area contributed by atoms with Gasteiger partial charge in [-0.15, -0.1) is 0 Å². The summed E-state index contributed by atoms with van der Waals surface area (Å²) >= 11 is 5.65. The van der Waals surface area contributed by atoms with Crippen LogP contribution in [0.25, 0.3) is 0 Å². The van der Waals surface area contributed by atoms with Crippen LogP contribution in [0.5, 0.6) is 0 Å². The number of nitrogens with zero attached hydrogens (tertiary/aromatic N) is 1. The molecule has 1 fully saturated rings. The molecule has 1 unspecified atom stereocenters. The van der Waals surface area contributed by atoms with Crippen molar-refractivity contribution in [3.05, 3.63) is 27.1 Å². The molecular formula is C9H11ClN2O3S. The Kier molecular flexibility index (Phi) is 3.03. The van der Waals surface area contributed by atoms with Crippen LogP contribution in [0.3, 0.4) is 0 Å². The molecule has 0 aromatic carbocycles. The molecule has 1 aromatic heterocycles. The number of halogens is 1. The third-order valence-corrected chi connectivity index (χ3v) is 5.17. The molecule has 1 aliphatic rings. The number of aromatic nitrogens is 2. The molecule has 0 saturated carbocycles. The van der Waals surface area contributed by atoms with Crippen molar-refractivity contribution in [1.82, 2.24) is 10.2 Å². The molecule has 5 nitrogen and oxygen atoms in total. The number of hydrogen-bond acceptors (Lipinski definition) is 4. The highest BCUT2D eigenvalue weighted by atomic mass is 35.5. The molecule has 1 atom stereocenters. The smallest absolute Gasteiger partial charge is 0.266 e. The average Bonchev–Trinajstić information content (AvgIpc) is 2.22. The molecule has 0 spiro atoms. The summed E-state index contributed by atoms with van der Waals surface area (Å²) in [5.74, 6) is 0.177. The number of hydrogen-bond donors (Lipinski definition) is 1. The number of nitrogens with one attached hydrogen (secondary N) is 1. The van der Waals surface area contributed by atoms with Crippen molar-refractivity contribution in [2.45, 2.75) is 24.5 Å². The van der Waals surface area contributed by atoms with E-state index in [1.165, 1.54) is 6.07 Å². The first kappa shape index (κ1) is 11.6. The zero-order valence-corrected chi connectivity index (χ0v) is 10.0. The molecular weight excluding hydrogens is 252 g/mol. The van der Waals surface area contributed by atoms with Gasteiger partial charge in [-0.1, -0.05) is 18.0 Å². The van der Waals surface area contributed by atoms with Gasteiger partial charge in [-0.05, 0) is 18.9 Å². The second kappa shape index (κ2) is 4.18. The summed E-state index contributed by atoms with van der Waals surface area (Å²) < 4.78 is 23.6. The Hall–Kier alpha value is -0.880. The molecule has 1 saturated heterocycles. The van der Waals surface area contributed by atoms with Crippen molar-refractivity contribution < 1.29 is 8.42 Å². The van der Waals surface area contributed by atoms with Gasteiger partial charge >= 0.3 is 0 Å². The maximum absolute atomic E-state index is 11.8. The molecule has 2 heterocycles. The van der Waals surface area contributed by atoms with Crippen molar-refractivity contribution in [2.75, 3.05) is 5.75 Å². The van der Waals surface area contributed by atoms with E-state index in [0.29, 0.717) is 18.5 Å². The fourth-order valence-electron chi connectivity index (χ4n) is 1.85. The summed E-state index contributed by atoms with van der Waals surface area (Å²) in [5.41, 5.74) is -0.164. The lowest BCUT2D eigenvalue weighted by atomic mass is 10.1. The lowest BCUT2D eigenvalue weighted by Gasteiger charge is -2.21. The van der Waals surface area contributed by atoms with E-state index in [-0.39, 0.29) is 10.8 Å². The first-order chi connectivity index (χ1) is 7.50. The molecule has 0 radical (unpaired) electrons. The van der Waals surface area contributed by atoms with Gasteiger partial charge in [0.25, 0.3) is 5.56 Å². The Bertz CT molecular complexity index is 552. The number of H-pyrrole nitrogens is 1. The highest BCUT2D eigenvalue weighted by molar-refractivity contribution is 7.91. The van der Waals surface area contributed by atoms with Crippen molar-refractivity contribution >= 4 is 21.4 Å². The van der Waals surface area contributed by atoms with E-state index in [1.54, 1.807) is 0 Å². The molecule has 7 heteroatoms. The zero-order chi connectivity index (χ0) is 11.8. The maximum atomic E-state index is 11.8. The first-order valence-electron chi connectivity index (χ1n) is 4.97. The van der Waals surface area contributed by atoms with Gasteiger partial charge in [0.2, 0.25) is 0 Å². The van der Waals surface area contributed by atoms with E-state index in [9.17, 15) is 13.2 Å². The molecule has 88 valence electrons. The van der Waals surface area contributed by atoms with Gasteiger partial charge in [-0.2, -0.15) is 5.10 Å². The Morgan fingerprint density at radius 2 is 2.19 bits per heavy atom. The third-order valence-electron chi connectivity index (χ3n) is 2.69. The Morgan fingerprint density at radius 1 is 1.44 bits per heavy atom. The number of sulfone groups is 1. The van der Waals surface area contributed by atoms with E-state index in [0.717, 1.165) is 6.42 Å². The van der Waals surface area contributed by atoms with Crippen molar-refractivity contribution in [2.24, 2.45) is 0 Å². The Labute approximate surface area is 97.7 Å². The van der Waals surface area contributed by atoms with Gasteiger partial charge in [-0.25, -0.2) is 13.5 Å². The van der Waals surface area contributed by atoms with Crippen molar-refractivity contribution in [3.8, 4) is 0 Å². The van der Waals surface area contributed by atoms with Crippen LogP contribution >= 0.6 is 11.6 Å². The molecule has 1 N–H and O–H groups in total. The van der Waals surface area contributed by atoms with Gasteiger partial charge in [-0.3, -0.25) is 4.79 Å². The lowest BCUT2D eigenvalue weighted by Crippen LogP contribution is -2.24. The summed E-state index contributed by atoms with van der Waals surface area (Å²) in [6, 6.07) is 1.34. The molecule has 0 aliphatic carbocycles. The van der Waals surface area contributed by atoms with Gasteiger partial charge in [0.1, 0.15) is 10.3 Å². The van der Waals surface area contributed by atoms with Gasteiger partial charge in [0.05, 0.1) is 11.4 Å². The fourth-order valence-corrected chi connectivity index (χ4v) is 3.91. The van der Waals surface area contributed by atoms with Crippen LogP contribution in [0.15, 0.2) is 10.9 Å². The molecule has 16 heavy (non-hydrogen) atoms. The van der Waals surface area contributed by atoms with E-state index >= 15 is 0 Å². The van der Waals surface area contributed by atoms with Crippen LogP contribution in [-0.4, -0.2) is 24.4 Å². The predicted molar refractivity (Wildman–Crippen MR) is 60.2 cm³/mol. The van der Waals surface area contributed by atoms with Crippen LogP contribution in [0.4, 0.5) is 0 Å². The SMILES string of the molecule is O=c1[nH]nc(C2CCCCS2(=O)=O)cc1Cl. The lowest BCUT2D eigenvalue weighted by molar-refractivity contribution is 0.540. The Balaban J connectivity index is 2.43. The molecule has 0 bridgehead atoms. The minimum atomic E-state index is -3.15. The van der Waals surface area contributed by atoms with Gasteiger partial charge < -0.3 is 0 Å². The minimum absolute atomic E-state index is 0.0224.